The third-order valence-corrected chi connectivity index (χ3v) is 2.77. The molecular weight excluding hydrogens is 267 g/mol. The highest BCUT2D eigenvalue weighted by atomic mass is 35.5. The first-order valence-electron chi connectivity index (χ1n) is 5.30. The lowest BCUT2D eigenvalue weighted by Crippen LogP contribution is -2.08. The van der Waals surface area contributed by atoms with Crippen molar-refractivity contribution >= 4 is 11.6 Å². The molecule has 0 spiro atoms. The molecule has 1 aliphatic heterocycles. The molecule has 6 heteroatoms. The maximum Gasteiger partial charge on any atom is 0.433 e. The topological polar surface area (TPSA) is 22.1 Å². The van der Waals surface area contributed by atoms with E-state index in [1.165, 1.54) is 6.07 Å². The van der Waals surface area contributed by atoms with Gasteiger partial charge < -0.3 is 4.74 Å². The Morgan fingerprint density at radius 1 is 1.39 bits per heavy atom. The summed E-state index contributed by atoms with van der Waals surface area (Å²) in [5.74, 6) is 5.77. The van der Waals surface area contributed by atoms with Crippen molar-refractivity contribution in [1.82, 2.24) is 4.98 Å². The molecule has 2 rings (SSSR count). The van der Waals surface area contributed by atoms with Crippen molar-refractivity contribution in [2.75, 3.05) is 13.2 Å². The van der Waals surface area contributed by atoms with E-state index in [1.807, 2.05) is 0 Å². The Labute approximate surface area is 107 Å². The summed E-state index contributed by atoms with van der Waals surface area (Å²) < 4.78 is 42.2. The van der Waals surface area contributed by atoms with Crippen molar-refractivity contribution in [3.8, 4) is 11.8 Å². The first-order chi connectivity index (χ1) is 8.47. The average Bonchev–Trinajstić information content (AvgIpc) is 2.79. The van der Waals surface area contributed by atoms with Gasteiger partial charge >= 0.3 is 6.18 Å². The second-order valence-electron chi connectivity index (χ2n) is 3.86. The predicted molar refractivity (Wildman–Crippen MR) is 60.1 cm³/mol. The van der Waals surface area contributed by atoms with E-state index in [0.29, 0.717) is 18.8 Å². The summed E-state index contributed by atoms with van der Waals surface area (Å²) in [6, 6.07) is 2.11. The first kappa shape index (κ1) is 13.2. The van der Waals surface area contributed by atoms with Gasteiger partial charge in [-0.15, -0.1) is 0 Å². The van der Waals surface area contributed by atoms with Crippen LogP contribution in [-0.4, -0.2) is 18.2 Å². The van der Waals surface area contributed by atoms with Crippen LogP contribution in [0.25, 0.3) is 0 Å². The summed E-state index contributed by atoms with van der Waals surface area (Å²) in [6.07, 6.45) is -3.66. The van der Waals surface area contributed by atoms with Crippen LogP contribution in [0.3, 0.4) is 0 Å². The number of halogens is 4. The van der Waals surface area contributed by atoms with E-state index in [0.717, 1.165) is 12.5 Å². The van der Waals surface area contributed by atoms with Gasteiger partial charge in [0.2, 0.25) is 0 Å². The van der Waals surface area contributed by atoms with Gasteiger partial charge in [0.05, 0.1) is 12.2 Å². The van der Waals surface area contributed by atoms with Crippen LogP contribution in [0, 0.1) is 17.8 Å². The maximum absolute atomic E-state index is 12.4. The Hall–Kier alpha value is -1.25. The number of aromatic nitrogens is 1. The number of nitrogens with zero attached hydrogens (tertiary/aromatic N) is 1. The Bertz CT molecular complexity index is 498. The largest absolute Gasteiger partial charge is 0.433 e. The molecule has 1 atom stereocenters. The molecule has 1 unspecified atom stereocenters. The van der Waals surface area contributed by atoms with E-state index >= 15 is 0 Å². The molecule has 2 heterocycles. The Morgan fingerprint density at radius 3 is 2.72 bits per heavy atom. The van der Waals surface area contributed by atoms with E-state index < -0.39 is 11.9 Å². The van der Waals surface area contributed by atoms with Gasteiger partial charge in [0.15, 0.2) is 0 Å². The molecule has 1 aromatic heterocycles. The highest BCUT2D eigenvalue weighted by Gasteiger charge is 2.32. The van der Waals surface area contributed by atoms with Crippen molar-refractivity contribution in [3.05, 3.63) is 28.5 Å². The van der Waals surface area contributed by atoms with Crippen molar-refractivity contribution in [2.24, 2.45) is 5.92 Å². The van der Waals surface area contributed by atoms with Crippen LogP contribution < -0.4 is 0 Å². The lowest BCUT2D eigenvalue weighted by molar-refractivity contribution is -0.141. The number of pyridine rings is 1. The average molecular weight is 276 g/mol. The minimum absolute atomic E-state index is 0.114. The molecule has 0 amide bonds. The molecule has 0 saturated carbocycles. The van der Waals surface area contributed by atoms with Gasteiger partial charge in [0.1, 0.15) is 10.8 Å². The molecule has 0 bridgehead atoms. The summed E-state index contributed by atoms with van der Waals surface area (Å²) in [4.78, 5) is 3.30. The molecule has 18 heavy (non-hydrogen) atoms. The van der Waals surface area contributed by atoms with Gasteiger partial charge in [-0.3, -0.25) is 0 Å². The van der Waals surface area contributed by atoms with Crippen LogP contribution in [-0.2, 0) is 10.9 Å². The highest BCUT2D eigenvalue weighted by Crippen LogP contribution is 2.29. The Balaban J connectivity index is 2.19. The maximum atomic E-state index is 12.4. The number of rotatable bonds is 0. The molecule has 1 saturated heterocycles. The predicted octanol–water partition coefficient (Wildman–Crippen LogP) is 3.14. The first-order valence-corrected chi connectivity index (χ1v) is 5.67. The number of hydrogen-bond acceptors (Lipinski definition) is 2. The summed E-state index contributed by atoms with van der Waals surface area (Å²) in [7, 11) is 0. The van der Waals surface area contributed by atoms with E-state index in [4.69, 9.17) is 16.3 Å². The van der Waals surface area contributed by atoms with Gasteiger partial charge in [0.25, 0.3) is 0 Å². The molecule has 0 N–H and O–H groups in total. The third-order valence-electron chi connectivity index (χ3n) is 2.48. The molecule has 0 aliphatic carbocycles. The fourth-order valence-corrected chi connectivity index (χ4v) is 1.71. The second-order valence-corrected chi connectivity index (χ2v) is 4.22. The minimum Gasteiger partial charge on any atom is -0.380 e. The fraction of sp³-hybridized carbons (Fsp3) is 0.417. The van der Waals surface area contributed by atoms with Crippen LogP contribution in [0.1, 0.15) is 17.7 Å². The molecule has 1 fully saturated rings. The van der Waals surface area contributed by atoms with Gasteiger partial charge in [0, 0.05) is 12.5 Å². The second kappa shape index (κ2) is 5.17. The molecule has 2 nitrogen and oxygen atoms in total. The molecule has 1 aromatic rings. The lowest BCUT2D eigenvalue weighted by Gasteiger charge is -2.06. The van der Waals surface area contributed by atoms with E-state index in [9.17, 15) is 13.2 Å². The molecule has 0 aromatic carbocycles. The van der Waals surface area contributed by atoms with Crippen molar-refractivity contribution in [3.63, 3.8) is 0 Å². The summed E-state index contributed by atoms with van der Waals surface area (Å²) in [5, 5.41) is -0.226. The lowest BCUT2D eigenvalue weighted by atomic mass is 10.1. The van der Waals surface area contributed by atoms with Gasteiger partial charge in [-0.2, -0.15) is 13.2 Å². The Kier molecular flexibility index (Phi) is 3.79. The quantitative estimate of drug-likeness (QED) is 0.536. The molecule has 96 valence electrons. The van der Waals surface area contributed by atoms with Gasteiger partial charge in [-0.25, -0.2) is 4.98 Å². The number of ether oxygens (including phenoxy) is 1. The summed E-state index contributed by atoms with van der Waals surface area (Å²) in [6.45, 7) is 1.22. The third kappa shape index (κ3) is 3.15. The van der Waals surface area contributed by atoms with Gasteiger partial charge in [-0.1, -0.05) is 23.4 Å². The standard InChI is InChI=1S/C12H9ClF3NO/c13-11-9(2-1-8-5-6-18-7-8)3-4-10(17-11)12(14,15)16/h3-4,8H,5-7H2. The summed E-state index contributed by atoms with van der Waals surface area (Å²) in [5.41, 5.74) is -0.709. The summed E-state index contributed by atoms with van der Waals surface area (Å²) >= 11 is 5.68. The van der Waals surface area contributed by atoms with Gasteiger partial charge in [-0.05, 0) is 18.6 Å². The molecule has 1 aliphatic rings. The van der Waals surface area contributed by atoms with Crippen molar-refractivity contribution < 1.29 is 17.9 Å². The molecular formula is C12H9ClF3NO. The molecule has 0 radical (unpaired) electrons. The van der Waals surface area contributed by atoms with Crippen LogP contribution >= 0.6 is 11.6 Å². The zero-order chi connectivity index (χ0) is 13.2. The van der Waals surface area contributed by atoms with Crippen molar-refractivity contribution in [2.45, 2.75) is 12.6 Å². The van der Waals surface area contributed by atoms with E-state index in [2.05, 4.69) is 16.8 Å². The number of hydrogen-bond donors (Lipinski definition) is 0. The highest BCUT2D eigenvalue weighted by molar-refractivity contribution is 6.30. The normalized spacial score (nSPS) is 19.4. The monoisotopic (exact) mass is 275 g/mol. The van der Waals surface area contributed by atoms with Crippen molar-refractivity contribution in [1.29, 1.82) is 0 Å². The van der Waals surface area contributed by atoms with E-state index in [1.54, 1.807) is 0 Å². The van der Waals surface area contributed by atoms with Crippen LogP contribution in [0.15, 0.2) is 12.1 Å². The SMILES string of the molecule is FC(F)(F)c1ccc(C#CC2CCOC2)c(Cl)n1. The zero-order valence-corrected chi connectivity index (χ0v) is 9.98. The minimum atomic E-state index is -4.49. The fourth-order valence-electron chi connectivity index (χ4n) is 1.51. The number of alkyl halides is 3. The van der Waals surface area contributed by atoms with Crippen LogP contribution in [0.4, 0.5) is 13.2 Å². The Morgan fingerprint density at radius 2 is 2.17 bits per heavy atom. The van der Waals surface area contributed by atoms with Crippen LogP contribution in [0.5, 0.6) is 0 Å². The smallest absolute Gasteiger partial charge is 0.380 e. The van der Waals surface area contributed by atoms with E-state index in [-0.39, 0.29) is 11.1 Å². The van der Waals surface area contributed by atoms with Crippen LogP contribution in [0.2, 0.25) is 5.15 Å². The zero-order valence-electron chi connectivity index (χ0n) is 9.22.